The molecule has 1 unspecified atom stereocenters. The van der Waals surface area contributed by atoms with Gasteiger partial charge in [0.25, 0.3) is 0 Å². The van der Waals surface area contributed by atoms with Gasteiger partial charge in [-0.2, -0.15) is 13.2 Å². The van der Waals surface area contributed by atoms with Gasteiger partial charge in [0, 0.05) is 6.54 Å². The molecule has 19 heavy (non-hydrogen) atoms. The Morgan fingerprint density at radius 1 is 1.21 bits per heavy atom. The van der Waals surface area contributed by atoms with Crippen LogP contribution in [0.4, 0.5) is 13.2 Å². The molecule has 108 valence electrons. The summed E-state index contributed by atoms with van der Waals surface area (Å²) in [4.78, 5) is 0. The van der Waals surface area contributed by atoms with Crippen LogP contribution in [0.25, 0.3) is 0 Å². The third-order valence-corrected chi connectivity index (χ3v) is 4.07. The van der Waals surface area contributed by atoms with Crippen LogP contribution in [0.15, 0.2) is 24.3 Å². The maximum atomic E-state index is 12.1. The Morgan fingerprint density at radius 2 is 1.74 bits per heavy atom. The topological polar surface area (TPSA) is 46.2 Å². The number of nitrogens with one attached hydrogen (secondary N) is 1. The van der Waals surface area contributed by atoms with Crippen LogP contribution in [0.5, 0.6) is 0 Å². The van der Waals surface area contributed by atoms with E-state index < -0.39 is 15.5 Å². The van der Waals surface area contributed by atoms with Gasteiger partial charge in [0.15, 0.2) is 0 Å². The van der Waals surface area contributed by atoms with Gasteiger partial charge in [-0.15, -0.1) is 0 Å². The summed E-state index contributed by atoms with van der Waals surface area (Å²) in [5.74, 6) is 0.362. The molecule has 1 N–H and O–H groups in total. The lowest BCUT2D eigenvalue weighted by molar-refractivity contribution is -0.0448. The van der Waals surface area contributed by atoms with Crippen molar-refractivity contribution in [3.05, 3.63) is 35.4 Å². The number of rotatable bonds is 5. The fraction of sp³-hybridized carbons (Fsp3) is 0.500. The molecule has 1 atom stereocenters. The van der Waals surface area contributed by atoms with Crippen LogP contribution in [-0.4, -0.2) is 13.9 Å². The van der Waals surface area contributed by atoms with E-state index in [0.717, 1.165) is 12.0 Å². The van der Waals surface area contributed by atoms with E-state index >= 15 is 0 Å². The minimum Gasteiger partial charge on any atom is -0.203 e. The predicted molar refractivity (Wildman–Crippen MR) is 67.0 cm³/mol. The molecule has 0 aliphatic heterocycles. The molecule has 0 saturated carbocycles. The zero-order valence-corrected chi connectivity index (χ0v) is 11.5. The third kappa shape index (κ3) is 4.21. The summed E-state index contributed by atoms with van der Waals surface area (Å²) in [6.45, 7) is 3.71. The van der Waals surface area contributed by atoms with Gasteiger partial charge >= 0.3 is 15.5 Å². The minimum atomic E-state index is -5.28. The quantitative estimate of drug-likeness (QED) is 0.907. The average molecular weight is 295 g/mol. The van der Waals surface area contributed by atoms with Gasteiger partial charge in [0.1, 0.15) is 0 Å². The van der Waals surface area contributed by atoms with E-state index in [9.17, 15) is 21.6 Å². The second-order valence-electron chi connectivity index (χ2n) is 4.32. The zero-order chi connectivity index (χ0) is 14.7. The fourth-order valence-corrected chi connectivity index (χ4v) is 1.98. The summed E-state index contributed by atoms with van der Waals surface area (Å²) < 4.78 is 59.5. The fourth-order valence-electron chi connectivity index (χ4n) is 1.46. The number of alkyl halides is 3. The molecule has 3 nitrogen and oxygen atoms in total. The zero-order valence-electron chi connectivity index (χ0n) is 10.7. The Kier molecular flexibility index (Phi) is 4.98. The molecule has 0 spiro atoms. The molecule has 1 aromatic rings. The van der Waals surface area contributed by atoms with Crippen molar-refractivity contribution in [3.8, 4) is 0 Å². The molecule has 0 aliphatic rings. The highest BCUT2D eigenvalue weighted by Crippen LogP contribution is 2.22. The van der Waals surface area contributed by atoms with Gasteiger partial charge in [0.05, 0.1) is 0 Å². The van der Waals surface area contributed by atoms with Crippen LogP contribution in [0, 0.1) is 0 Å². The van der Waals surface area contributed by atoms with Gasteiger partial charge in [-0.25, -0.2) is 13.1 Å². The van der Waals surface area contributed by atoms with Crippen molar-refractivity contribution in [2.45, 2.75) is 38.2 Å². The van der Waals surface area contributed by atoms with Crippen LogP contribution in [-0.2, 0) is 16.6 Å². The number of hydrogen-bond donors (Lipinski definition) is 1. The SMILES string of the molecule is CCC(C)c1ccc(CNS(=O)(=O)C(F)(F)F)cc1. The average Bonchev–Trinajstić information content (AvgIpc) is 2.35. The Hall–Kier alpha value is -1.08. The second kappa shape index (κ2) is 5.92. The van der Waals surface area contributed by atoms with Crippen molar-refractivity contribution in [2.75, 3.05) is 0 Å². The maximum absolute atomic E-state index is 12.1. The second-order valence-corrected chi connectivity index (χ2v) is 6.08. The van der Waals surface area contributed by atoms with E-state index in [0.29, 0.717) is 11.5 Å². The highest BCUT2D eigenvalue weighted by Gasteiger charge is 2.45. The summed E-state index contributed by atoms with van der Waals surface area (Å²) in [5.41, 5.74) is -3.71. The lowest BCUT2D eigenvalue weighted by Crippen LogP contribution is -2.35. The summed E-state index contributed by atoms with van der Waals surface area (Å²) in [6, 6.07) is 6.84. The molecule has 0 radical (unpaired) electrons. The molecule has 0 amide bonds. The lowest BCUT2D eigenvalue weighted by atomic mass is 9.98. The molecule has 1 aromatic carbocycles. The first-order valence-corrected chi connectivity index (χ1v) is 7.30. The summed E-state index contributed by atoms with van der Waals surface area (Å²) in [5, 5.41) is 0. The monoisotopic (exact) mass is 295 g/mol. The summed E-state index contributed by atoms with van der Waals surface area (Å²) >= 11 is 0. The number of halogens is 3. The number of sulfonamides is 1. The van der Waals surface area contributed by atoms with Crippen molar-refractivity contribution in [3.63, 3.8) is 0 Å². The molecule has 0 bridgehead atoms. The van der Waals surface area contributed by atoms with Crippen molar-refractivity contribution < 1.29 is 21.6 Å². The molecule has 0 heterocycles. The van der Waals surface area contributed by atoms with Crippen LogP contribution in [0.2, 0.25) is 0 Å². The van der Waals surface area contributed by atoms with Crippen molar-refractivity contribution in [2.24, 2.45) is 0 Å². The number of benzene rings is 1. The molecule has 1 rings (SSSR count). The first kappa shape index (κ1) is 16.0. The predicted octanol–water partition coefficient (Wildman–Crippen LogP) is 3.14. The molecule has 7 heteroatoms. The van der Waals surface area contributed by atoms with E-state index in [1.807, 2.05) is 13.8 Å². The highest BCUT2D eigenvalue weighted by molar-refractivity contribution is 7.90. The Balaban J connectivity index is 2.70. The van der Waals surface area contributed by atoms with Crippen LogP contribution in [0.3, 0.4) is 0 Å². The van der Waals surface area contributed by atoms with Gasteiger partial charge < -0.3 is 0 Å². The smallest absolute Gasteiger partial charge is 0.203 e. The minimum absolute atomic E-state index is 0.362. The number of hydrogen-bond acceptors (Lipinski definition) is 2. The van der Waals surface area contributed by atoms with E-state index in [-0.39, 0.29) is 6.54 Å². The van der Waals surface area contributed by atoms with E-state index in [1.165, 1.54) is 4.72 Å². The van der Waals surface area contributed by atoms with Gasteiger partial charge in [-0.05, 0) is 23.5 Å². The molecule has 0 aromatic heterocycles. The Labute approximate surface area is 110 Å². The van der Waals surface area contributed by atoms with Crippen LogP contribution in [0.1, 0.15) is 37.3 Å². The Bertz CT molecular complexity index is 509. The summed E-state index contributed by atoms with van der Waals surface area (Å²) in [7, 11) is -5.28. The third-order valence-electron chi connectivity index (χ3n) is 2.93. The standard InChI is InChI=1S/C12H16F3NO2S/c1-3-9(2)11-6-4-10(5-7-11)8-16-19(17,18)12(13,14)15/h4-7,9,16H,3,8H2,1-2H3. The maximum Gasteiger partial charge on any atom is 0.511 e. The lowest BCUT2D eigenvalue weighted by Gasteiger charge is -2.11. The van der Waals surface area contributed by atoms with Crippen molar-refractivity contribution in [1.29, 1.82) is 0 Å². The van der Waals surface area contributed by atoms with Crippen molar-refractivity contribution in [1.82, 2.24) is 4.72 Å². The van der Waals surface area contributed by atoms with Gasteiger partial charge in [-0.3, -0.25) is 0 Å². The molecular formula is C12H16F3NO2S. The normalized spacial score (nSPS) is 14.4. The van der Waals surface area contributed by atoms with Crippen LogP contribution < -0.4 is 4.72 Å². The van der Waals surface area contributed by atoms with E-state index in [2.05, 4.69) is 0 Å². The van der Waals surface area contributed by atoms with E-state index in [1.54, 1.807) is 24.3 Å². The first-order valence-electron chi connectivity index (χ1n) is 5.82. The van der Waals surface area contributed by atoms with Crippen molar-refractivity contribution >= 4 is 10.0 Å². The first-order chi connectivity index (χ1) is 8.67. The van der Waals surface area contributed by atoms with Crippen LogP contribution >= 0.6 is 0 Å². The summed E-state index contributed by atoms with van der Waals surface area (Å²) in [6.07, 6.45) is 0.958. The molecule has 0 saturated heterocycles. The molecular weight excluding hydrogens is 279 g/mol. The Morgan fingerprint density at radius 3 is 2.16 bits per heavy atom. The van der Waals surface area contributed by atoms with E-state index in [4.69, 9.17) is 0 Å². The molecule has 0 fully saturated rings. The highest BCUT2D eigenvalue weighted by atomic mass is 32.2. The largest absolute Gasteiger partial charge is 0.511 e. The van der Waals surface area contributed by atoms with Gasteiger partial charge in [-0.1, -0.05) is 38.1 Å². The van der Waals surface area contributed by atoms with Gasteiger partial charge in [0.2, 0.25) is 0 Å². The molecule has 0 aliphatic carbocycles.